The quantitative estimate of drug-likeness (QED) is 0.0271. The molecule has 1 heterocycles. The van der Waals surface area contributed by atoms with E-state index in [4.69, 9.17) is 33.2 Å². The Morgan fingerprint density at radius 2 is 1.80 bits per heavy atom. The first-order chi connectivity index (χ1) is 21.6. The number of amides is 1. The summed E-state index contributed by atoms with van der Waals surface area (Å²) in [5.74, 6) is 0.701. The number of halogens is 1. The van der Waals surface area contributed by atoms with E-state index in [9.17, 15) is 19.8 Å². The van der Waals surface area contributed by atoms with Crippen LogP contribution in [0.25, 0.3) is 0 Å². The fourth-order valence-corrected chi connectivity index (χ4v) is 5.05. The zero-order chi connectivity index (χ0) is 32.8. The van der Waals surface area contributed by atoms with E-state index >= 15 is 0 Å². The molecule has 0 radical (unpaired) electrons. The molecule has 0 saturated heterocycles. The molecule has 0 aliphatic carbocycles. The summed E-state index contributed by atoms with van der Waals surface area (Å²) in [6, 6.07) is 12.8. The number of phenolic OH excluding ortho intramolecular Hbond substituents is 1. The molecule has 45 heavy (non-hydrogen) atoms. The van der Waals surface area contributed by atoms with Crippen LogP contribution in [0.4, 0.5) is 17.3 Å². The van der Waals surface area contributed by atoms with Crippen molar-refractivity contribution in [2.75, 3.05) is 23.4 Å². The van der Waals surface area contributed by atoms with Gasteiger partial charge in [-0.15, -0.1) is 0 Å². The van der Waals surface area contributed by atoms with Crippen molar-refractivity contribution in [3.8, 4) is 11.5 Å². The molecule has 0 aliphatic heterocycles. The summed E-state index contributed by atoms with van der Waals surface area (Å²) in [6.07, 6.45) is 7.22. The van der Waals surface area contributed by atoms with Gasteiger partial charge in [0.05, 0.1) is 24.8 Å². The SMILES string of the molecule is CC(CCCOc1ccc(CCCCCC(=N)CC(=O)c2nc(Cl)c(N)nc2N)cc1)CC[C@H](O)c1ccc(O)c(NC=O)c1. The molecule has 0 spiro atoms. The van der Waals surface area contributed by atoms with Gasteiger partial charge in [-0.25, -0.2) is 9.97 Å². The highest BCUT2D eigenvalue weighted by Gasteiger charge is 2.17. The van der Waals surface area contributed by atoms with Gasteiger partial charge in [-0.05, 0) is 92.7 Å². The lowest BCUT2D eigenvalue weighted by atomic mass is 9.95. The van der Waals surface area contributed by atoms with E-state index in [1.807, 2.05) is 12.1 Å². The van der Waals surface area contributed by atoms with Gasteiger partial charge in [0.15, 0.2) is 28.3 Å². The van der Waals surface area contributed by atoms with Crippen molar-refractivity contribution in [1.82, 2.24) is 9.97 Å². The Hall–Kier alpha value is -4.22. The smallest absolute Gasteiger partial charge is 0.211 e. The molecule has 2 aromatic carbocycles. The molecule has 0 saturated carbocycles. The predicted molar refractivity (Wildman–Crippen MR) is 177 cm³/mol. The number of unbranched alkanes of at least 4 members (excludes halogenated alkanes) is 2. The van der Waals surface area contributed by atoms with E-state index < -0.39 is 11.9 Å². The molecule has 0 bridgehead atoms. The zero-order valence-corrected chi connectivity index (χ0v) is 26.4. The molecule has 12 heteroatoms. The Kier molecular flexibility index (Phi) is 14.0. The largest absolute Gasteiger partial charge is 0.506 e. The molecule has 242 valence electrons. The van der Waals surface area contributed by atoms with Crippen molar-refractivity contribution < 1.29 is 24.5 Å². The number of phenols is 1. The van der Waals surface area contributed by atoms with Gasteiger partial charge in [-0.3, -0.25) is 9.59 Å². The first kappa shape index (κ1) is 35.3. The number of ether oxygens (including phenoxy) is 1. The Balaban J connectivity index is 1.26. The standard InChI is InChI=1S/C33H43ClN6O5/c1-21(9-15-27(42)23-12-16-28(43)26(18-23)38-20-41)6-5-17-45-25-13-10-22(11-14-25)7-3-2-4-8-24(35)19-29(44)30-32(36)40-33(37)31(34)39-30/h10-14,16,18,20-21,27,35,42-43H,2-9,15,17,19H2,1H3,(H,38,41)(H4,36,37,40)/t21?,27-/m0/s1. The van der Waals surface area contributed by atoms with Crippen LogP contribution >= 0.6 is 11.6 Å². The zero-order valence-electron chi connectivity index (χ0n) is 25.6. The highest BCUT2D eigenvalue weighted by atomic mass is 35.5. The summed E-state index contributed by atoms with van der Waals surface area (Å²) in [6.45, 7) is 2.77. The number of Topliss-reactive ketones (excluding diaryl/α,β-unsaturated/α-hetero) is 1. The number of carbonyl (C=O) groups excluding carboxylic acids is 2. The van der Waals surface area contributed by atoms with Crippen molar-refractivity contribution in [2.45, 2.75) is 77.2 Å². The summed E-state index contributed by atoms with van der Waals surface area (Å²) in [5, 5.41) is 30.8. The molecular weight excluding hydrogens is 596 g/mol. The van der Waals surface area contributed by atoms with Gasteiger partial charge in [-0.1, -0.05) is 43.1 Å². The number of aliphatic hydroxyl groups excluding tert-OH is 1. The van der Waals surface area contributed by atoms with Crippen LogP contribution in [0.2, 0.25) is 5.15 Å². The summed E-state index contributed by atoms with van der Waals surface area (Å²) < 4.78 is 5.92. The molecule has 3 aromatic rings. The molecule has 1 unspecified atom stereocenters. The number of nitrogen functional groups attached to an aromatic ring is 2. The maximum atomic E-state index is 12.4. The number of nitrogens with zero attached hydrogens (tertiary/aromatic N) is 2. The lowest BCUT2D eigenvalue weighted by Crippen LogP contribution is -2.14. The maximum Gasteiger partial charge on any atom is 0.211 e. The second-order valence-electron chi connectivity index (χ2n) is 11.3. The van der Waals surface area contributed by atoms with Crippen LogP contribution < -0.4 is 21.5 Å². The number of ketones is 1. The Labute approximate surface area is 268 Å². The van der Waals surface area contributed by atoms with Gasteiger partial charge in [0.25, 0.3) is 0 Å². The van der Waals surface area contributed by atoms with E-state index in [2.05, 4.69) is 34.3 Å². The first-order valence-electron chi connectivity index (χ1n) is 15.2. The fraction of sp³-hybridized carbons (Fsp3) is 0.424. The maximum absolute atomic E-state index is 12.4. The summed E-state index contributed by atoms with van der Waals surface area (Å²) in [5.41, 5.74) is 13.7. The lowest BCUT2D eigenvalue weighted by molar-refractivity contribution is -0.105. The van der Waals surface area contributed by atoms with E-state index in [0.717, 1.165) is 50.7 Å². The molecule has 0 fully saturated rings. The van der Waals surface area contributed by atoms with Gasteiger partial charge >= 0.3 is 0 Å². The highest BCUT2D eigenvalue weighted by Crippen LogP contribution is 2.30. The highest BCUT2D eigenvalue weighted by molar-refractivity contribution is 6.31. The number of benzene rings is 2. The van der Waals surface area contributed by atoms with Crippen molar-refractivity contribution in [1.29, 1.82) is 5.41 Å². The first-order valence-corrected chi connectivity index (χ1v) is 15.6. The van der Waals surface area contributed by atoms with Crippen molar-refractivity contribution >= 4 is 46.8 Å². The summed E-state index contributed by atoms with van der Waals surface area (Å²) in [4.78, 5) is 30.8. The third kappa shape index (κ3) is 11.7. The van der Waals surface area contributed by atoms with Crippen molar-refractivity contribution in [3.63, 3.8) is 0 Å². The molecule has 0 aliphatic rings. The number of nitrogens with one attached hydrogen (secondary N) is 2. The molecule has 2 atom stereocenters. The third-order valence-corrected chi connectivity index (χ3v) is 7.85. The monoisotopic (exact) mass is 638 g/mol. The van der Waals surface area contributed by atoms with Gasteiger partial charge < -0.3 is 37.1 Å². The van der Waals surface area contributed by atoms with Crippen LogP contribution in [0.5, 0.6) is 11.5 Å². The minimum Gasteiger partial charge on any atom is -0.506 e. The number of rotatable bonds is 20. The van der Waals surface area contributed by atoms with Crippen molar-refractivity contribution in [2.24, 2.45) is 5.92 Å². The normalized spacial score (nSPS) is 12.3. The topological polar surface area (TPSA) is 198 Å². The van der Waals surface area contributed by atoms with Crippen LogP contribution in [-0.4, -0.2) is 44.7 Å². The third-order valence-electron chi connectivity index (χ3n) is 7.57. The number of aryl methyl sites for hydroxylation is 1. The van der Waals surface area contributed by atoms with Crippen LogP contribution in [0.3, 0.4) is 0 Å². The molecular formula is C33H43ClN6O5. The minimum atomic E-state index is -0.670. The number of hydrogen-bond donors (Lipinski definition) is 6. The number of aromatic nitrogens is 2. The Morgan fingerprint density at radius 3 is 2.53 bits per heavy atom. The van der Waals surface area contributed by atoms with Crippen LogP contribution in [0.15, 0.2) is 42.5 Å². The van der Waals surface area contributed by atoms with Crippen LogP contribution in [-0.2, 0) is 11.2 Å². The van der Waals surface area contributed by atoms with E-state index in [1.165, 1.54) is 11.6 Å². The molecule has 11 nitrogen and oxygen atoms in total. The number of hydrogen-bond acceptors (Lipinski definition) is 10. The Bertz CT molecular complexity index is 1440. The number of carbonyl (C=O) groups is 2. The van der Waals surface area contributed by atoms with Gasteiger partial charge in [0.1, 0.15) is 11.5 Å². The average Bonchev–Trinajstić information content (AvgIpc) is 3.01. The lowest BCUT2D eigenvalue weighted by Gasteiger charge is -2.16. The predicted octanol–water partition coefficient (Wildman–Crippen LogP) is 6.27. The van der Waals surface area contributed by atoms with E-state index in [0.29, 0.717) is 43.1 Å². The van der Waals surface area contributed by atoms with E-state index in [-0.39, 0.29) is 40.3 Å². The summed E-state index contributed by atoms with van der Waals surface area (Å²) >= 11 is 5.84. The number of aromatic hydroxyl groups is 1. The Morgan fingerprint density at radius 1 is 1.04 bits per heavy atom. The fourth-order valence-electron chi connectivity index (χ4n) is 4.92. The van der Waals surface area contributed by atoms with E-state index in [1.54, 1.807) is 12.1 Å². The van der Waals surface area contributed by atoms with Crippen LogP contribution in [0.1, 0.15) is 92.4 Å². The van der Waals surface area contributed by atoms with Crippen LogP contribution in [0, 0.1) is 11.3 Å². The van der Waals surface area contributed by atoms with Gasteiger partial charge in [0.2, 0.25) is 6.41 Å². The number of nitrogens with two attached hydrogens (primary N) is 2. The van der Waals surface area contributed by atoms with Gasteiger partial charge in [-0.2, -0.15) is 0 Å². The molecule has 8 N–H and O–H groups in total. The number of aliphatic hydroxyl groups is 1. The second kappa shape index (κ2) is 17.9. The van der Waals surface area contributed by atoms with Gasteiger partial charge in [0, 0.05) is 5.71 Å². The molecule has 1 aromatic heterocycles. The molecule has 3 rings (SSSR count). The second-order valence-corrected chi connectivity index (χ2v) is 11.6. The average molecular weight is 639 g/mol. The molecule has 1 amide bonds. The minimum absolute atomic E-state index is 0.0332. The number of anilines is 3. The van der Waals surface area contributed by atoms with Crippen molar-refractivity contribution in [3.05, 3.63) is 64.4 Å². The summed E-state index contributed by atoms with van der Waals surface area (Å²) in [7, 11) is 0.